The molecule has 1 aromatic carbocycles. The van der Waals surface area contributed by atoms with Gasteiger partial charge in [0.1, 0.15) is 0 Å². The van der Waals surface area contributed by atoms with E-state index >= 15 is 0 Å². The summed E-state index contributed by atoms with van der Waals surface area (Å²) in [6.45, 7) is 1.98. The Morgan fingerprint density at radius 3 is 2.73 bits per heavy atom. The number of hydrogen-bond donors (Lipinski definition) is 2. The van der Waals surface area contributed by atoms with Crippen molar-refractivity contribution in [2.24, 2.45) is 5.73 Å². The fourth-order valence-electron chi connectivity index (χ4n) is 1.41. The van der Waals surface area contributed by atoms with Gasteiger partial charge in [0, 0.05) is 12.2 Å². The molecular weight excluding hydrogens is 210 g/mol. The van der Waals surface area contributed by atoms with Crippen LogP contribution in [0.1, 0.15) is 18.5 Å². The minimum absolute atomic E-state index is 0. The van der Waals surface area contributed by atoms with Crippen molar-refractivity contribution in [1.82, 2.24) is 10.2 Å². The van der Waals surface area contributed by atoms with E-state index in [4.69, 9.17) is 5.73 Å². The zero-order chi connectivity index (χ0) is 9.97. The fourth-order valence-corrected chi connectivity index (χ4v) is 1.41. The molecule has 80 valence electrons. The molecule has 0 bridgehead atoms. The first-order chi connectivity index (χ1) is 6.77. The maximum atomic E-state index is 5.81. The summed E-state index contributed by atoms with van der Waals surface area (Å²) in [5.41, 5.74) is 9.09. The minimum Gasteiger partial charge on any atom is -0.324 e. The molecule has 2 aromatic rings. The molecule has 3 N–H and O–H groups in total. The topological polar surface area (TPSA) is 54.7 Å². The third-order valence-corrected chi connectivity index (χ3v) is 2.22. The van der Waals surface area contributed by atoms with Gasteiger partial charge < -0.3 is 5.73 Å². The molecule has 1 aromatic heterocycles. The third-order valence-electron chi connectivity index (χ3n) is 2.22. The normalized spacial score (nSPS) is 11.9. The molecule has 1 heterocycles. The van der Waals surface area contributed by atoms with E-state index in [-0.39, 0.29) is 18.4 Å². The summed E-state index contributed by atoms with van der Waals surface area (Å²) < 4.78 is 0. The summed E-state index contributed by atoms with van der Waals surface area (Å²) in [5.74, 6) is 0. The Morgan fingerprint density at radius 2 is 2.13 bits per heavy atom. The molecule has 4 heteroatoms. The lowest BCUT2D eigenvalue weighted by atomic mass is 10.0. The van der Waals surface area contributed by atoms with Gasteiger partial charge in [0.2, 0.25) is 0 Å². The molecule has 3 nitrogen and oxygen atoms in total. The van der Waals surface area contributed by atoms with E-state index < -0.39 is 0 Å². The predicted molar refractivity (Wildman–Crippen MR) is 63.9 cm³/mol. The van der Waals surface area contributed by atoms with Crippen LogP contribution in [0.5, 0.6) is 0 Å². The molecule has 0 aliphatic carbocycles. The van der Waals surface area contributed by atoms with Gasteiger partial charge in [0.25, 0.3) is 0 Å². The van der Waals surface area contributed by atoms with Gasteiger partial charge in [-0.05, 0) is 30.2 Å². The molecule has 0 spiro atoms. The molecule has 0 aliphatic rings. The average molecular weight is 224 g/mol. The highest BCUT2D eigenvalue weighted by atomic mass is 35.5. The van der Waals surface area contributed by atoms with Crippen molar-refractivity contribution < 1.29 is 0 Å². The number of rotatable bonds is 2. The van der Waals surface area contributed by atoms with E-state index in [2.05, 4.69) is 16.3 Å². The highest BCUT2D eigenvalue weighted by Gasteiger charge is 2.02. The number of nitrogens with one attached hydrogen (secondary N) is 1. The molecule has 0 saturated carbocycles. The van der Waals surface area contributed by atoms with Gasteiger partial charge in [-0.1, -0.05) is 18.2 Å². The van der Waals surface area contributed by atoms with E-state index in [1.54, 1.807) is 6.20 Å². The quantitative estimate of drug-likeness (QED) is 0.822. The van der Waals surface area contributed by atoms with Crippen molar-refractivity contribution in [2.45, 2.75) is 13.0 Å². The SMILES string of the molecule is CC(N)c1cccc(-c2ccn[nH]2)c1.Cl. The van der Waals surface area contributed by atoms with E-state index in [9.17, 15) is 0 Å². The van der Waals surface area contributed by atoms with Crippen LogP contribution >= 0.6 is 12.4 Å². The predicted octanol–water partition coefficient (Wildman–Crippen LogP) is 2.52. The van der Waals surface area contributed by atoms with Gasteiger partial charge in [-0.25, -0.2) is 0 Å². The molecule has 2 rings (SSSR count). The number of halogens is 1. The number of hydrogen-bond acceptors (Lipinski definition) is 2. The second-order valence-electron chi connectivity index (χ2n) is 3.38. The Kier molecular flexibility index (Phi) is 3.88. The number of benzene rings is 1. The van der Waals surface area contributed by atoms with Gasteiger partial charge in [-0.2, -0.15) is 5.10 Å². The number of nitrogens with two attached hydrogens (primary N) is 1. The first-order valence-electron chi connectivity index (χ1n) is 4.62. The first-order valence-corrected chi connectivity index (χ1v) is 4.62. The van der Waals surface area contributed by atoms with Crippen molar-refractivity contribution in [3.05, 3.63) is 42.1 Å². The van der Waals surface area contributed by atoms with Crippen molar-refractivity contribution >= 4 is 12.4 Å². The monoisotopic (exact) mass is 223 g/mol. The summed E-state index contributed by atoms with van der Waals surface area (Å²) in [6.07, 6.45) is 1.74. The summed E-state index contributed by atoms with van der Waals surface area (Å²) in [4.78, 5) is 0. The molecule has 15 heavy (non-hydrogen) atoms. The van der Waals surface area contributed by atoms with E-state index in [1.165, 1.54) is 0 Å². The Bertz CT molecular complexity index is 410. The van der Waals surface area contributed by atoms with Crippen LogP contribution in [0.3, 0.4) is 0 Å². The molecule has 1 atom stereocenters. The van der Waals surface area contributed by atoms with Gasteiger partial charge in [-0.15, -0.1) is 12.4 Å². The van der Waals surface area contributed by atoms with E-state index in [1.807, 2.05) is 31.2 Å². The van der Waals surface area contributed by atoms with Crippen LogP contribution in [0.2, 0.25) is 0 Å². The van der Waals surface area contributed by atoms with Crippen LogP contribution in [0.15, 0.2) is 36.5 Å². The third kappa shape index (κ3) is 2.58. The van der Waals surface area contributed by atoms with Crippen LogP contribution < -0.4 is 5.73 Å². The minimum atomic E-state index is 0. The summed E-state index contributed by atoms with van der Waals surface area (Å²) >= 11 is 0. The smallest absolute Gasteiger partial charge is 0.0650 e. The molecule has 0 saturated heterocycles. The Morgan fingerprint density at radius 1 is 1.33 bits per heavy atom. The van der Waals surface area contributed by atoms with Crippen LogP contribution in [0.4, 0.5) is 0 Å². The molecule has 0 fully saturated rings. The van der Waals surface area contributed by atoms with Crippen LogP contribution in [0.25, 0.3) is 11.3 Å². The lowest BCUT2D eigenvalue weighted by Crippen LogP contribution is -2.04. The Balaban J connectivity index is 0.00000112. The maximum absolute atomic E-state index is 5.81. The van der Waals surface area contributed by atoms with Crippen LogP contribution in [-0.2, 0) is 0 Å². The lowest BCUT2D eigenvalue weighted by Gasteiger charge is -2.06. The Labute approximate surface area is 95.1 Å². The van der Waals surface area contributed by atoms with Crippen molar-refractivity contribution in [1.29, 1.82) is 0 Å². The molecular formula is C11H14ClN3. The van der Waals surface area contributed by atoms with Gasteiger partial charge in [0.15, 0.2) is 0 Å². The average Bonchev–Trinajstić information content (AvgIpc) is 2.71. The first kappa shape index (κ1) is 11.8. The van der Waals surface area contributed by atoms with Crippen molar-refractivity contribution in [3.8, 4) is 11.3 Å². The summed E-state index contributed by atoms with van der Waals surface area (Å²) in [7, 11) is 0. The van der Waals surface area contributed by atoms with Gasteiger partial charge in [0.05, 0.1) is 5.69 Å². The Hall–Kier alpha value is -1.32. The summed E-state index contributed by atoms with van der Waals surface area (Å²) in [6, 6.07) is 10.2. The van der Waals surface area contributed by atoms with Gasteiger partial charge >= 0.3 is 0 Å². The summed E-state index contributed by atoms with van der Waals surface area (Å²) in [5, 5.41) is 6.85. The zero-order valence-electron chi connectivity index (χ0n) is 8.47. The molecule has 0 radical (unpaired) electrons. The van der Waals surface area contributed by atoms with Crippen molar-refractivity contribution in [3.63, 3.8) is 0 Å². The number of H-pyrrole nitrogens is 1. The molecule has 0 amide bonds. The molecule has 0 aliphatic heterocycles. The molecule has 1 unspecified atom stereocenters. The van der Waals surface area contributed by atoms with Gasteiger partial charge in [-0.3, -0.25) is 5.10 Å². The van der Waals surface area contributed by atoms with Crippen LogP contribution in [0, 0.1) is 0 Å². The standard InChI is InChI=1S/C11H13N3.ClH/c1-8(12)9-3-2-4-10(7-9)11-5-6-13-14-11;/h2-8H,12H2,1H3,(H,13,14);1H. The second kappa shape index (κ2) is 4.96. The maximum Gasteiger partial charge on any atom is 0.0650 e. The van der Waals surface area contributed by atoms with Crippen molar-refractivity contribution in [2.75, 3.05) is 0 Å². The van der Waals surface area contributed by atoms with E-state index in [0.717, 1.165) is 16.8 Å². The highest BCUT2D eigenvalue weighted by molar-refractivity contribution is 5.85. The van der Waals surface area contributed by atoms with E-state index in [0.29, 0.717) is 0 Å². The highest BCUT2D eigenvalue weighted by Crippen LogP contribution is 2.19. The number of aromatic nitrogens is 2. The second-order valence-corrected chi connectivity index (χ2v) is 3.38. The largest absolute Gasteiger partial charge is 0.324 e. The lowest BCUT2D eigenvalue weighted by molar-refractivity contribution is 0.818. The fraction of sp³-hybridized carbons (Fsp3) is 0.182. The number of aromatic amines is 1. The number of nitrogens with zero attached hydrogens (tertiary/aromatic N) is 1. The zero-order valence-corrected chi connectivity index (χ0v) is 9.29. The van der Waals surface area contributed by atoms with Crippen LogP contribution in [-0.4, -0.2) is 10.2 Å².